The quantitative estimate of drug-likeness (QED) is 0.489. The minimum absolute atomic E-state index is 0.00248. The number of aryl methyl sites for hydroxylation is 1. The number of rotatable bonds is 8. The Bertz CT molecular complexity index is 734. The third-order valence-electron chi connectivity index (χ3n) is 4.41. The Balaban J connectivity index is 2.01. The zero-order valence-corrected chi connectivity index (χ0v) is 17.5. The van der Waals surface area contributed by atoms with E-state index < -0.39 is 18.6 Å². The van der Waals surface area contributed by atoms with E-state index in [2.05, 4.69) is 15.6 Å². The molecule has 1 aliphatic rings. The molecule has 1 amide bonds. The summed E-state index contributed by atoms with van der Waals surface area (Å²) < 4.78 is 48.7. The standard InChI is InChI=1S/C20H29F3N4O3/c1-4-24-19(26-11-18(28)27(3)13-20(21,22)23)25-10-15-6-5-14(2)9-17(15)30-16-7-8-29-12-16/h5-6,9,16H,4,7-8,10-13H2,1-3H3,(H2,24,25,26). The summed E-state index contributed by atoms with van der Waals surface area (Å²) in [5, 5.41) is 5.77. The number of nitrogens with zero attached hydrogens (tertiary/aromatic N) is 2. The van der Waals surface area contributed by atoms with E-state index in [-0.39, 0.29) is 19.2 Å². The van der Waals surface area contributed by atoms with Crippen molar-refractivity contribution in [2.24, 2.45) is 4.99 Å². The number of guanidine groups is 1. The number of hydrogen-bond acceptors (Lipinski definition) is 4. The molecule has 0 radical (unpaired) electrons. The van der Waals surface area contributed by atoms with Gasteiger partial charge in [-0.2, -0.15) is 13.2 Å². The maximum absolute atomic E-state index is 12.4. The van der Waals surface area contributed by atoms with Gasteiger partial charge in [0.2, 0.25) is 5.91 Å². The molecule has 1 heterocycles. The maximum atomic E-state index is 12.4. The van der Waals surface area contributed by atoms with Gasteiger partial charge in [0.15, 0.2) is 5.96 Å². The lowest BCUT2D eigenvalue weighted by molar-refractivity contribution is -0.157. The second-order valence-electron chi connectivity index (χ2n) is 7.13. The van der Waals surface area contributed by atoms with Crippen molar-refractivity contribution >= 4 is 11.9 Å². The first-order chi connectivity index (χ1) is 14.2. The molecule has 1 aromatic carbocycles. The van der Waals surface area contributed by atoms with Crippen LogP contribution in [0.2, 0.25) is 0 Å². The maximum Gasteiger partial charge on any atom is 0.406 e. The molecule has 168 valence electrons. The number of aliphatic imine (C=N–C) groups is 1. The zero-order chi connectivity index (χ0) is 22.1. The molecule has 2 rings (SSSR count). The van der Waals surface area contributed by atoms with Crippen LogP contribution in [-0.4, -0.2) is 68.9 Å². The van der Waals surface area contributed by atoms with Crippen LogP contribution >= 0.6 is 0 Å². The van der Waals surface area contributed by atoms with Crippen LogP contribution in [0.4, 0.5) is 13.2 Å². The highest BCUT2D eigenvalue weighted by atomic mass is 19.4. The first-order valence-corrected chi connectivity index (χ1v) is 9.84. The summed E-state index contributed by atoms with van der Waals surface area (Å²) in [5.74, 6) is 0.381. The highest BCUT2D eigenvalue weighted by Gasteiger charge is 2.31. The Morgan fingerprint density at radius 3 is 2.77 bits per heavy atom. The van der Waals surface area contributed by atoms with E-state index in [4.69, 9.17) is 9.47 Å². The van der Waals surface area contributed by atoms with Gasteiger partial charge in [-0.15, -0.1) is 0 Å². The molecule has 1 fully saturated rings. The average Bonchev–Trinajstić information content (AvgIpc) is 3.16. The van der Waals surface area contributed by atoms with E-state index in [1.54, 1.807) is 0 Å². The lowest BCUT2D eigenvalue weighted by Crippen LogP contribution is -2.45. The molecule has 0 aromatic heterocycles. The molecule has 0 aliphatic carbocycles. The van der Waals surface area contributed by atoms with E-state index in [1.165, 1.54) is 0 Å². The van der Waals surface area contributed by atoms with Crippen molar-refractivity contribution in [3.63, 3.8) is 0 Å². The van der Waals surface area contributed by atoms with Crippen molar-refractivity contribution in [2.75, 3.05) is 39.9 Å². The lowest BCUT2D eigenvalue weighted by Gasteiger charge is -2.20. The SMILES string of the molecule is CCNC(=NCc1ccc(C)cc1OC1CCOC1)NCC(=O)N(C)CC(F)(F)F. The molecule has 10 heteroatoms. The normalized spacial score (nSPS) is 17.0. The van der Waals surface area contributed by atoms with Gasteiger partial charge in [-0.25, -0.2) is 4.99 Å². The van der Waals surface area contributed by atoms with Crippen LogP contribution in [0.3, 0.4) is 0 Å². The van der Waals surface area contributed by atoms with Crippen molar-refractivity contribution in [2.45, 2.75) is 39.1 Å². The van der Waals surface area contributed by atoms with Crippen LogP contribution in [0.15, 0.2) is 23.2 Å². The Hall–Kier alpha value is -2.49. The molecule has 1 unspecified atom stereocenters. The van der Waals surface area contributed by atoms with Gasteiger partial charge in [-0.3, -0.25) is 4.79 Å². The molecule has 1 saturated heterocycles. The van der Waals surface area contributed by atoms with Gasteiger partial charge in [0.25, 0.3) is 0 Å². The van der Waals surface area contributed by atoms with Crippen molar-refractivity contribution < 1.29 is 27.4 Å². The summed E-state index contributed by atoms with van der Waals surface area (Å²) in [6, 6.07) is 5.83. The summed E-state index contributed by atoms with van der Waals surface area (Å²) in [5.41, 5.74) is 1.92. The number of halogens is 3. The van der Waals surface area contributed by atoms with Crippen LogP contribution < -0.4 is 15.4 Å². The van der Waals surface area contributed by atoms with Crippen LogP contribution in [0.5, 0.6) is 5.75 Å². The smallest absolute Gasteiger partial charge is 0.406 e. The zero-order valence-electron chi connectivity index (χ0n) is 17.5. The molecule has 0 spiro atoms. The van der Waals surface area contributed by atoms with Crippen LogP contribution in [0.1, 0.15) is 24.5 Å². The molecule has 1 aromatic rings. The fourth-order valence-corrected chi connectivity index (χ4v) is 2.84. The summed E-state index contributed by atoms with van der Waals surface area (Å²) in [6.45, 7) is 4.28. The molecular weight excluding hydrogens is 401 g/mol. The van der Waals surface area contributed by atoms with Gasteiger partial charge in [0.1, 0.15) is 18.4 Å². The van der Waals surface area contributed by atoms with Gasteiger partial charge in [0.05, 0.1) is 26.3 Å². The second-order valence-corrected chi connectivity index (χ2v) is 7.13. The first-order valence-electron chi connectivity index (χ1n) is 9.84. The topological polar surface area (TPSA) is 75.2 Å². The number of nitrogens with one attached hydrogen (secondary N) is 2. The lowest BCUT2D eigenvalue weighted by atomic mass is 10.1. The number of likely N-dealkylation sites (N-methyl/N-ethyl adjacent to an activating group) is 1. The van der Waals surface area contributed by atoms with E-state index in [9.17, 15) is 18.0 Å². The van der Waals surface area contributed by atoms with Crippen LogP contribution in [0.25, 0.3) is 0 Å². The Morgan fingerprint density at radius 2 is 2.13 bits per heavy atom. The number of carbonyl (C=O) groups is 1. The van der Waals surface area contributed by atoms with Gasteiger partial charge in [-0.05, 0) is 25.5 Å². The molecular formula is C20H29F3N4O3. The Kier molecular flexibility index (Phi) is 8.76. The Labute approximate surface area is 174 Å². The van der Waals surface area contributed by atoms with E-state index in [1.807, 2.05) is 32.0 Å². The Morgan fingerprint density at radius 1 is 1.37 bits per heavy atom. The highest BCUT2D eigenvalue weighted by Crippen LogP contribution is 2.24. The number of benzene rings is 1. The average molecular weight is 430 g/mol. The van der Waals surface area contributed by atoms with Gasteiger partial charge in [0, 0.05) is 25.6 Å². The molecule has 30 heavy (non-hydrogen) atoms. The van der Waals surface area contributed by atoms with E-state index in [0.717, 1.165) is 30.3 Å². The monoisotopic (exact) mass is 430 g/mol. The summed E-state index contributed by atoms with van der Waals surface area (Å²) >= 11 is 0. The van der Waals surface area contributed by atoms with Crippen LogP contribution in [-0.2, 0) is 16.1 Å². The highest BCUT2D eigenvalue weighted by molar-refractivity contribution is 5.86. The number of alkyl halides is 3. The second kappa shape index (κ2) is 11.1. The summed E-state index contributed by atoms with van der Waals surface area (Å²) in [6.07, 6.45) is -3.61. The molecule has 2 N–H and O–H groups in total. The van der Waals surface area contributed by atoms with E-state index >= 15 is 0 Å². The van der Waals surface area contributed by atoms with Crippen molar-refractivity contribution in [3.05, 3.63) is 29.3 Å². The molecule has 0 saturated carbocycles. The molecule has 1 aliphatic heterocycles. The van der Waals surface area contributed by atoms with Gasteiger partial charge < -0.3 is 25.0 Å². The van der Waals surface area contributed by atoms with E-state index in [0.29, 0.717) is 30.6 Å². The minimum atomic E-state index is -4.44. The fraction of sp³-hybridized carbons (Fsp3) is 0.600. The fourth-order valence-electron chi connectivity index (χ4n) is 2.84. The van der Waals surface area contributed by atoms with Crippen molar-refractivity contribution in [1.82, 2.24) is 15.5 Å². The number of hydrogen-bond donors (Lipinski definition) is 2. The number of carbonyl (C=O) groups excluding carboxylic acids is 1. The third kappa shape index (κ3) is 8.10. The molecule has 7 nitrogen and oxygen atoms in total. The van der Waals surface area contributed by atoms with Crippen molar-refractivity contribution in [1.29, 1.82) is 0 Å². The molecule has 0 bridgehead atoms. The van der Waals surface area contributed by atoms with Gasteiger partial charge in [-0.1, -0.05) is 12.1 Å². The summed E-state index contributed by atoms with van der Waals surface area (Å²) in [4.78, 5) is 17.0. The predicted octanol–water partition coefficient (Wildman–Crippen LogP) is 2.24. The number of ether oxygens (including phenoxy) is 2. The van der Waals surface area contributed by atoms with Crippen molar-refractivity contribution in [3.8, 4) is 5.75 Å². The minimum Gasteiger partial charge on any atom is -0.488 e. The first kappa shape index (κ1) is 23.8. The van der Waals surface area contributed by atoms with Crippen LogP contribution in [0, 0.1) is 6.92 Å². The van der Waals surface area contributed by atoms with Gasteiger partial charge >= 0.3 is 6.18 Å². The largest absolute Gasteiger partial charge is 0.488 e. The third-order valence-corrected chi connectivity index (χ3v) is 4.41. The summed E-state index contributed by atoms with van der Waals surface area (Å²) in [7, 11) is 1.12. The predicted molar refractivity (Wildman–Crippen MR) is 108 cm³/mol. The molecule has 1 atom stereocenters. The number of amides is 1.